The molecule has 8 heteroatoms. The number of thioether (sulfide) groups is 1. The molecular weight excluding hydrogens is 430 g/mol. The number of nitrogens with one attached hydrogen (secondary N) is 1. The molecule has 2 aliphatic heterocycles. The van der Waals surface area contributed by atoms with E-state index in [9.17, 15) is 13.2 Å². The van der Waals surface area contributed by atoms with Gasteiger partial charge in [-0.2, -0.15) is 0 Å². The topological polar surface area (TPSA) is 78.8 Å². The van der Waals surface area contributed by atoms with E-state index in [1.165, 1.54) is 17.3 Å². The van der Waals surface area contributed by atoms with Crippen LogP contribution >= 0.6 is 11.8 Å². The first-order valence-corrected chi connectivity index (χ1v) is 13.2. The van der Waals surface area contributed by atoms with Crippen molar-refractivity contribution in [3.63, 3.8) is 0 Å². The van der Waals surface area contributed by atoms with Crippen molar-refractivity contribution >= 4 is 44.0 Å². The fraction of sp³-hybridized carbons (Fsp3) is 0.391. The summed E-state index contributed by atoms with van der Waals surface area (Å²) < 4.78 is 24.4. The number of amides is 1. The lowest BCUT2D eigenvalue weighted by Gasteiger charge is -2.27. The highest BCUT2D eigenvalue weighted by Crippen LogP contribution is 2.35. The van der Waals surface area contributed by atoms with Gasteiger partial charge >= 0.3 is 0 Å². The van der Waals surface area contributed by atoms with Crippen LogP contribution < -0.4 is 10.2 Å². The molecule has 1 saturated heterocycles. The Bertz CT molecular complexity index is 1140. The fourth-order valence-electron chi connectivity index (χ4n) is 4.08. The Morgan fingerprint density at radius 3 is 2.68 bits per heavy atom. The highest BCUT2D eigenvalue weighted by molar-refractivity contribution is 8.14. The third-order valence-corrected chi connectivity index (χ3v) is 8.55. The molecule has 2 aromatic rings. The molecule has 164 valence electrons. The summed E-state index contributed by atoms with van der Waals surface area (Å²) in [6, 6.07) is 13.4. The number of aliphatic imine (C=N–C) groups is 1. The van der Waals surface area contributed by atoms with E-state index in [0.717, 1.165) is 28.9 Å². The van der Waals surface area contributed by atoms with Crippen LogP contribution in [0.15, 0.2) is 47.5 Å². The van der Waals surface area contributed by atoms with E-state index in [0.29, 0.717) is 5.17 Å². The van der Waals surface area contributed by atoms with Gasteiger partial charge in [-0.25, -0.2) is 8.42 Å². The van der Waals surface area contributed by atoms with Crippen molar-refractivity contribution in [3.8, 4) is 0 Å². The number of rotatable bonds is 5. The maximum absolute atomic E-state index is 12.6. The number of carbonyl (C=O) groups is 1. The minimum Gasteiger partial charge on any atom is -0.325 e. The van der Waals surface area contributed by atoms with Gasteiger partial charge in [-0.15, -0.1) is 0 Å². The quantitative estimate of drug-likeness (QED) is 0.743. The molecule has 6 nitrogen and oxygen atoms in total. The number of fused-ring (bicyclic) bond motifs is 1. The Morgan fingerprint density at radius 1 is 1.16 bits per heavy atom. The van der Waals surface area contributed by atoms with Gasteiger partial charge in [0, 0.05) is 11.4 Å². The van der Waals surface area contributed by atoms with E-state index in [4.69, 9.17) is 4.99 Å². The lowest BCUT2D eigenvalue weighted by atomic mass is 10.1. The first kappa shape index (κ1) is 21.9. The Balaban J connectivity index is 1.52. The molecule has 0 spiro atoms. The van der Waals surface area contributed by atoms with Crippen LogP contribution in [-0.4, -0.2) is 48.8 Å². The van der Waals surface area contributed by atoms with Gasteiger partial charge in [0.15, 0.2) is 15.0 Å². The summed E-state index contributed by atoms with van der Waals surface area (Å²) in [4.78, 5) is 19.4. The second-order valence-corrected chi connectivity index (χ2v) is 11.2. The summed E-state index contributed by atoms with van der Waals surface area (Å²) in [5, 5.41) is 3.71. The van der Waals surface area contributed by atoms with Crippen molar-refractivity contribution in [1.82, 2.24) is 0 Å². The van der Waals surface area contributed by atoms with Gasteiger partial charge in [-0.3, -0.25) is 9.79 Å². The lowest BCUT2D eigenvalue weighted by Crippen LogP contribution is -2.39. The second-order valence-electron chi connectivity index (χ2n) is 8.11. The molecule has 0 unspecified atom stereocenters. The van der Waals surface area contributed by atoms with Crippen LogP contribution in [0.5, 0.6) is 0 Å². The molecule has 2 heterocycles. The van der Waals surface area contributed by atoms with E-state index < -0.39 is 9.84 Å². The van der Waals surface area contributed by atoms with Crippen LogP contribution in [0.3, 0.4) is 0 Å². The zero-order chi connectivity index (χ0) is 22.2. The number of carbonyl (C=O) groups excluding carboxylic acids is 1. The molecule has 31 heavy (non-hydrogen) atoms. The normalized spacial score (nSPS) is 21.6. The number of sulfone groups is 1. The van der Waals surface area contributed by atoms with Crippen LogP contribution in [0.4, 0.5) is 11.4 Å². The van der Waals surface area contributed by atoms with Crippen LogP contribution in [-0.2, 0) is 21.1 Å². The maximum Gasteiger partial charge on any atom is 0.234 e. The summed E-state index contributed by atoms with van der Waals surface area (Å²) in [6.45, 7) is 6.15. The van der Waals surface area contributed by atoms with E-state index in [2.05, 4.69) is 18.3 Å². The predicted molar refractivity (Wildman–Crippen MR) is 129 cm³/mol. The number of benzene rings is 2. The highest BCUT2D eigenvalue weighted by Gasteiger charge is 2.47. The van der Waals surface area contributed by atoms with E-state index in [1.54, 1.807) is 0 Å². The molecule has 1 amide bonds. The lowest BCUT2D eigenvalue weighted by molar-refractivity contribution is -0.113. The van der Waals surface area contributed by atoms with Gasteiger partial charge in [0.1, 0.15) is 0 Å². The molecule has 0 bridgehead atoms. The molecule has 2 aromatic carbocycles. The summed E-state index contributed by atoms with van der Waals surface area (Å²) >= 11 is 1.36. The first-order chi connectivity index (χ1) is 14.8. The molecule has 0 radical (unpaired) electrons. The van der Waals surface area contributed by atoms with Gasteiger partial charge in [0.05, 0.1) is 29.3 Å². The van der Waals surface area contributed by atoms with Gasteiger partial charge in [0.2, 0.25) is 5.91 Å². The fourth-order valence-corrected chi connectivity index (χ4v) is 6.84. The van der Waals surface area contributed by atoms with Crippen molar-refractivity contribution in [2.45, 2.75) is 39.3 Å². The van der Waals surface area contributed by atoms with Gasteiger partial charge in [0.25, 0.3) is 0 Å². The van der Waals surface area contributed by atoms with Gasteiger partial charge in [-0.1, -0.05) is 43.0 Å². The van der Waals surface area contributed by atoms with Crippen LogP contribution in [0, 0.1) is 13.8 Å². The molecule has 0 aliphatic carbocycles. The number of nitrogens with zero attached hydrogens (tertiary/aromatic N) is 2. The summed E-state index contributed by atoms with van der Waals surface area (Å²) in [7, 11) is -3.11. The van der Waals surface area contributed by atoms with Crippen molar-refractivity contribution in [2.24, 2.45) is 4.99 Å². The molecule has 1 N–H and O–H groups in total. The standard InChI is InChI=1S/C23H27N3O3S2/c1-4-17-7-5-6-8-19(17)24-22(27)12-30-23-25-20-13-31(28,29)14-21(20)26(23)18-10-9-15(2)16(3)11-18/h5-11,20-21H,4,12-14H2,1-3H3,(H,24,27)/t20-,21-/m1/s1. The summed E-state index contributed by atoms with van der Waals surface area (Å²) in [5.41, 5.74) is 5.17. The zero-order valence-corrected chi connectivity index (χ0v) is 19.6. The third-order valence-electron chi connectivity index (χ3n) is 5.88. The zero-order valence-electron chi connectivity index (χ0n) is 18.0. The number of aryl methyl sites for hydroxylation is 3. The van der Waals surface area contributed by atoms with Crippen LogP contribution in [0.2, 0.25) is 0 Å². The second kappa shape index (κ2) is 8.67. The largest absolute Gasteiger partial charge is 0.325 e. The average Bonchev–Trinajstić information content (AvgIpc) is 3.20. The smallest absolute Gasteiger partial charge is 0.234 e. The van der Waals surface area contributed by atoms with Crippen molar-refractivity contribution in [3.05, 3.63) is 59.2 Å². The predicted octanol–water partition coefficient (Wildman–Crippen LogP) is 3.58. The van der Waals surface area contributed by atoms with Crippen molar-refractivity contribution in [1.29, 1.82) is 0 Å². The van der Waals surface area contributed by atoms with E-state index in [1.807, 2.05) is 55.1 Å². The maximum atomic E-state index is 12.6. The Morgan fingerprint density at radius 2 is 1.94 bits per heavy atom. The number of anilines is 2. The number of amidine groups is 1. The van der Waals surface area contributed by atoms with E-state index in [-0.39, 0.29) is 35.2 Å². The molecule has 1 fully saturated rings. The summed E-state index contributed by atoms with van der Waals surface area (Å²) in [5.74, 6) is 0.274. The first-order valence-electron chi connectivity index (χ1n) is 10.4. The highest BCUT2D eigenvalue weighted by atomic mass is 32.2. The molecular formula is C23H27N3O3S2. The Labute approximate surface area is 188 Å². The van der Waals surface area contributed by atoms with E-state index >= 15 is 0 Å². The van der Waals surface area contributed by atoms with Crippen LogP contribution in [0.1, 0.15) is 23.6 Å². The third kappa shape index (κ3) is 4.65. The molecule has 4 rings (SSSR count). The Kier molecular flexibility index (Phi) is 6.12. The monoisotopic (exact) mass is 457 g/mol. The van der Waals surface area contributed by atoms with Crippen molar-refractivity contribution in [2.75, 3.05) is 27.5 Å². The van der Waals surface area contributed by atoms with Crippen molar-refractivity contribution < 1.29 is 13.2 Å². The van der Waals surface area contributed by atoms with Gasteiger partial charge in [-0.05, 0) is 55.2 Å². The van der Waals surface area contributed by atoms with Gasteiger partial charge < -0.3 is 10.2 Å². The number of hydrogen-bond acceptors (Lipinski definition) is 6. The molecule has 2 aliphatic rings. The van der Waals surface area contributed by atoms with Crippen LogP contribution in [0.25, 0.3) is 0 Å². The Hall–Kier alpha value is -2.32. The number of para-hydroxylation sites is 1. The average molecular weight is 458 g/mol. The molecule has 0 saturated carbocycles. The summed E-state index contributed by atoms with van der Waals surface area (Å²) in [6.07, 6.45) is 0.842. The SMILES string of the molecule is CCc1ccccc1NC(=O)CSC1=N[C@@H]2CS(=O)(=O)C[C@H]2N1c1ccc(C)c(C)c1. The number of hydrogen-bond donors (Lipinski definition) is 1. The minimum absolute atomic E-state index is 0.0686. The minimum atomic E-state index is -3.11. The molecule has 2 atom stereocenters. The molecule has 0 aromatic heterocycles.